The molecule has 2 amide bonds. The van der Waals surface area contributed by atoms with E-state index in [1.54, 1.807) is 35.2 Å². The second-order valence-electron chi connectivity index (χ2n) is 10.3. The Morgan fingerprint density at radius 1 is 1.24 bits per heavy atom. The van der Waals surface area contributed by atoms with Crippen molar-refractivity contribution in [3.8, 4) is 0 Å². The van der Waals surface area contributed by atoms with E-state index in [2.05, 4.69) is 13.2 Å². The van der Waals surface area contributed by atoms with Crippen LogP contribution in [0, 0.1) is 11.8 Å². The number of nitrogens with zero attached hydrogens (tertiary/aromatic N) is 2. The van der Waals surface area contributed by atoms with Gasteiger partial charge in [0, 0.05) is 23.8 Å². The number of hydrogen-bond acceptors (Lipinski definition) is 6. The minimum absolute atomic E-state index is 0.0398. The van der Waals surface area contributed by atoms with Gasteiger partial charge in [-0.25, -0.2) is 0 Å². The van der Waals surface area contributed by atoms with E-state index in [4.69, 9.17) is 21.1 Å². The average molecular weight is 545 g/mol. The summed E-state index contributed by atoms with van der Waals surface area (Å²) in [6.45, 7) is 9.55. The number of halogens is 1. The maximum absolute atomic E-state index is 14.3. The van der Waals surface area contributed by atoms with Crippen molar-refractivity contribution in [1.82, 2.24) is 4.90 Å². The first-order valence-corrected chi connectivity index (χ1v) is 13.7. The SMILES string of the molecule is C=CCCCCOC(=O)[C@H]1[C@H]2C(=O)N(CCO)C(C(=O)N(CC=C)c3ccc(Cl)cc3)C23CC[C@]1(CC)O3. The van der Waals surface area contributed by atoms with Crippen molar-refractivity contribution in [1.29, 1.82) is 0 Å². The molecular formula is C29H37ClN2O6. The summed E-state index contributed by atoms with van der Waals surface area (Å²) in [6.07, 6.45) is 7.35. The highest BCUT2D eigenvalue weighted by Crippen LogP contribution is 2.64. The molecule has 5 atom stereocenters. The standard InChI is InChI=1S/C29H37ClN2O6/c1-4-7-8-9-19-37-27(36)23-22-25(34)32(17-18-33)24(29(22)15-14-28(23,6-3)38-29)26(35)31(16-5-2)21-12-10-20(30)11-13-21/h4-5,10-13,22-24,33H,1-2,6-9,14-19H2,3H3/t22-,23+,24?,28-,29?/m0/s1. The van der Waals surface area contributed by atoms with Crippen LogP contribution in [0.2, 0.25) is 5.02 Å². The smallest absolute Gasteiger partial charge is 0.312 e. The third-order valence-electron chi connectivity index (χ3n) is 8.27. The van der Waals surface area contributed by atoms with Crippen LogP contribution in [0.3, 0.4) is 0 Å². The third kappa shape index (κ3) is 4.67. The van der Waals surface area contributed by atoms with Gasteiger partial charge in [-0.3, -0.25) is 14.4 Å². The van der Waals surface area contributed by atoms with Crippen LogP contribution in [0.15, 0.2) is 49.6 Å². The summed E-state index contributed by atoms with van der Waals surface area (Å²) < 4.78 is 12.4. The van der Waals surface area contributed by atoms with Crippen molar-refractivity contribution in [3.63, 3.8) is 0 Å². The van der Waals surface area contributed by atoms with Crippen molar-refractivity contribution < 1.29 is 29.0 Å². The molecule has 3 aliphatic rings. The lowest BCUT2D eigenvalue weighted by Crippen LogP contribution is -2.56. The van der Waals surface area contributed by atoms with E-state index in [0.717, 1.165) is 12.8 Å². The number of esters is 1. The summed E-state index contributed by atoms with van der Waals surface area (Å²) in [6, 6.07) is 5.86. The number of rotatable bonds is 13. The van der Waals surface area contributed by atoms with Crippen LogP contribution < -0.4 is 4.90 Å². The van der Waals surface area contributed by atoms with Gasteiger partial charge in [0.1, 0.15) is 17.6 Å². The van der Waals surface area contributed by atoms with Crippen molar-refractivity contribution in [2.75, 3.05) is 31.2 Å². The fourth-order valence-electron chi connectivity index (χ4n) is 6.58. The Morgan fingerprint density at radius 2 is 1.97 bits per heavy atom. The van der Waals surface area contributed by atoms with Gasteiger partial charge in [0.15, 0.2) is 0 Å². The maximum Gasteiger partial charge on any atom is 0.312 e. The fraction of sp³-hybridized carbons (Fsp3) is 0.552. The Balaban J connectivity index is 1.70. The molecule has 2 bridgehead atoms. The van der Waals surface area contributed by atoms with Crippen LogP contribution >= 0.6 is 11.6 Å². The van der Waals surface area contributed by atoms with Gasteiger partial charge in [0.05, 0.1) is 24.7 Å². The van der Waals surface area contributed by atoms with Gasteiger partial charge in [0.25, 0.3) is 5.91 Å². The first-order valence-electron chi connectivity index (χ1n) is 13.4. The number of likely N-dealkylation sites (tertiary alicyclic amines) is 1. The number of amides is 2. The summed E-state index contributed by atoms with van der Waals surface area (Å²) in [5.41, 5.74) is -1.45. The molecule has 3 fully saturated rings. The van der Waals surface area contributed by atoms with E-state index < -0.39 is 35.0 Å². The second-order valence-corrected chi connectivity index (χ2v) is 10.7. The maximum atomic E-state index is 14.3. The first kappa shape index (κ1) is 28.3. The lowest BCUT2D eigenvalue weighted by molar-refractivity contribution is -0.161. The molecule has 38 heavy (non-hydrogen) atoms. The molecule has 1 N–H and O–H groups in total. The highest BCUT2D eigenvalue weighted by Gasteiger charge is 2.79. The summed E-state index contributed by atoms with van der Waals surface area (Å²) in [4.78, 5) is 44.6. The molecule has 3 aliphatic heterocycles. The van der Waals surface area contributed by atoms with E-state index >= 15 is 0 Å². The second kappa shape index (κ2) is 11.6. The lowest BCUT2D eigenvalue weighted by Gasteiger charge is -2.36. The molecule has 4 rings (SSSR count). The molecule has 0 aliphatic carbocycles. The van der Waals surface area contributed by atoms with Crippen molar-refractivity contribution in [3.05, 3.63) is 54.6 Å². The molecule has 2 unspecified atom stereocenters. The Bertz CT molecular complexity index is 1080. The Hall–Kier alpha value is -2.68. The predicted molar refractivity (Wildman–Crippen MR) is 145 cm³/mol. The van der Waals surface area contributed by atoms with Crippen LogP contribution in [0.5, 0.6) is 0 Å². The topological polar surface area (TPSA) is 96.4 Å². The van der Waals surface area contributed by atoms with Gasteiger partial charge in [-0.15, -0.1) is 13.2 Å². The number of hydrogen-bond donors (Lipinski definition) is 1. The monoisotopic (exact) mass is 544 g/mol. The van der Waals surface area contributed by atoms with E-state index in [1.165, 1.54) is 4.90 Å². The zero-order chi connectivity index (χ0) is 27.5. The number of β-amino-alcohol motifs (C(OH)–C–C–N with tert-alkyl or cyclic N) is 1. The molecule has 0 radical (unpaired) electrons. The zero-order valence-electron chi connectivity index (χ0n) is 21.9. The molecule has 8 nitrogen and oxygen atoms in total. The van der Waals surface area contributed by atoms with Crippen molar-refractivity contribution in [2.45, 2.75) is 62.7 Å². The Morgan fingerprint density at radius 3 is 2.61 bits per heavy atom. The van der Waals surface area contributed by atoms with Crippen molar-refractivity contribution in [2.24, 2.45) is 11.8 Å². The molecule has 1 spiro atoms. The molecule has 1 aromatic rings. The van der Waals surface area contributed by atoms with Crippen LogP contribution in [-0.2, 0) is 23.9 Å². The van der Waals surface area contributed by atoms with Gasteiger partial charge < -0.3 is 24.4 Å². The number of benzene rings is 1. The number of carbonyl (C=O) groups is 3. The van der Waals surface area contributed by atoms with Gasteiger partial charge >= 0.3 is 5.97 Å². The minimum Gasteiger partial charge on any atom is -0.465 e. The van der Waals surface area contributed by atoms with Crippen LogP contribution in [0.4, 0.5) is 5.69 Å². The summed E-state index contributed by atoms with van der Waals surface area (Å²) >= 11 is 6.07. The van der Waals surface area contributed by atoms with Gasteiger partial charge in [-0.05, 0) is 62.8 Å². The van der Waals surface area contributed by atoms with Gasteiger partial charge in [-0.2, -0.15) is 0 Å². The molecule has 9 heteroatoms. The zero-order valence-corrected chi connectivity index (χ0v) is 22.7. The molecular weight excluding hydrogens is 508 g/mol. The summed E-state index contributed by atoms with van der Waals surface area (Å²) in [5, 5.41) is 10.4. The highest BCUT2D eigenvalue weighted by atomic mass is 35.5. The Kier molecular flexibility index (Phi) is 8.65. The van der Waals surface area contributed by atoms with Gasteiger partial charge in [0.2, 0.25) is 5.91 Å². The molecule has 1 aromatic carbocycles. The third-order valence-corrected chi connectivity index (χ3v) is 8.52. The molecule has 3 saturated heterocycles. The number of allylic oxidation sites excluding steroid dienone is 1. The number of aliphatic hydroxyl groups is 1. The fourth-order valence-corrected chi connectivity index (χ4v) is 6.70. The number of fused-ring (bicyclic) bond motifs is 1. The van der Waals surface area contributed by atoms with E-state index in [1.807, 2.05) is 13.0 Å². The summed E-state index contributed by atoms with van der Waals surface area (Å²) in [7, 11) is 0. The molecule has 0 aromatic heterocycles. The van der Waals surface area contributed by atoms with Gasteiger partial charge in [-0.1, -0.05) is 30.7 Å². The highest BCUT2D eigenvalue weighted by molar-refractivity contribution is 6.30. The predicted octanol–water partition coefficient (Wildman–Crippen LogP) is 3.91. The van der Waals surface area contributed by atoms with E-state index in [0.29, 0.717) is 36.4 Å². The van der Waals surface area contributed by atoms with Crippen LogP contribution in [0.25, 0.3) is 0 Å². The normalized spacial score (nSPS) is 29.3. The van der Waals surface area contributed by atoms with Crippen molar-refractivity contribution >= 4 is 35.1 Å². The largest absolute Gasteiger partial charge is 0.465 e. The van der Waals surface area contributed by atoms with Crippen LogP contribution in [0.1, 0.15) is 45.4 Å². The van der Waals surface area contributed by atoms with Crippen LogP contribution in [-0.4, -0.2) is 71.3 Å². The lowest BCUT2D eigenvalue weighted by atomic mass is 9.65. The molecule has 0 saturated carbocycles. The molecule has 206 valence electrons. The number of unbranched alkanes of at least 4 members (excludes halogenated alkanes) is 2. The number of carbonyl (C=O) groups excluding carboxylic acids is 3. The Labute approximate surface area is 229 Å². The quantitative estimate of drug-likeness (QED) is 0.230. The van der Waals surface area contributed by atoms with E-state index in [9.17, 15) is 19.5 Å². The summed E-state index contributed by atoms with van der Waals surface area (Å²) in [5.74, 6) is -2.82. The number of anilines is 1. The number of ether oxygens (including phenoxy) is 2. The average Bonchev–Trinajstić information content (AvgIpc) is 3.51. The van der Waals surface area contributed by atoms with E-state index in [-0.39, 0.29) is 38.1 Å². The number of aliphatic hydroxyl groups excluding tert-OH is 1. The first-order chi connectivity index (χ1) is 18.3. The molecule has 3 heterocycles. The minimum atomic E-state index is -1.18.